The Morgan fingerprint density at radius 3 is 2.31 bits per heavy atom. The van der Waals surface area contributed by atoms with E-state index in [0.717, 1.165) is 6.07 Å². The molecule has 2 rings (SSSR count). The van der Waals surface area contributed by atoms with Gasteiger partial charge in [-0.2, -0.15) is 0 Å². The Bertz CT molecular complexity index is 885. The number of nitrogens with zero attached hydrogens (tertiary/aromatic N) is 3. The number of aryl methyl sites for hydroxylation is 1. The summed E-state index contributed by atoms with van der Waals surface area (Å²) in [5.74, 6) is -0.424. The van der Waals surface area contributed by atoms with Crippen molar-refractivity contribution in [3.05, 3.63) is 72.6 Å². The third kappa shape index (κ3) is 3.62. The molecule has 8 nitrogen and oxygen atoms in total. The summed E-state index contributed by atoms with van der Waals surface area (Å²) in [6.07, 6.45) is 0. The highest BCUT2D eigenvalue weighted by atomic mass is 19.1. The number of aliphatic hydroxyl groups excluding tert-OH is 1. The van der Waals surface area contributed by atoms with Gasteiger partial charge in [-0.3, -0.25) is 20.2 Å². The van der Waals surface area contributed by atoms with Crippen molar-refractivity contribution in [2.75, 3.05) is 11.9 Å². The average Bonchev–Trinajstić information content (AvgIpc) is 2.56. The first-order valence-electron chi connectivity index (χ1n) is 7.69. The molecule has 0 fully saturated rings. The van der Waals surface area contributed by atoms with E-state index in [1.165, 1.54) is 24.9 Å². The van der Waals surface area contributed by atoms with Gasteiger partial charge in [-0.25, -0.2) is 4.39 Å². The van der Waals surface area contributed by atoms with E-state index in [0.29, 0.717) is 11.1 Å². The van der Waals surface area contributed by atoms with Crippen LogP contribution >= 0.6 is 0 Å². The first kappa shape index (κ1) is 19.3. The maximum absolute atomic E-state index is 13.7. The van der Waals surface area contributed by atoms with Gasteiger partial charge in [0.1, 0.15) is 5.82 Å². The molecule has 2 aromatic carbocycles. The molecule has 0 aliphatic heterocycles. The fourth-order valence-electron chi connectivity index (χ4n) is 2.78. The Labute approximate surface area is 148 Å². The van der Waals surface area contributed by atoms with Gasteiger partial charge in [0.15, 0.2) is 5.69 Å². The predicted octanol–water partition coefficient (Wildman–Crippen LogP) is 3.39. The van der Waals surface area contributed by atoms with E-state index in [1.54, 1.807) is 19.1 Å². The fourth-order valence-corrected chi connectivity index (χ4v) is 2.78. The largest absolute Gasteiger partial charge is 0.392 e. The van der Waals surface area contributed by atoms with Crippen molar-refractivity contribution in [1.29, 1.82) is 0 Å². The van der Waals surface area contributed by atoms with Gasteiger partial charge in [-0.15, -0.1) is 0 Å². The second-order valence-electron chi connectivity index (χ2n) is 5.99. The van der Waals surface area contributed by atoms with Crippen LogP contribution in [0.3, 0.4) is 0 Å². The summed E-state index contributed by atoms with van der Waals surface area (Å²) < 4.78 is 13.7. The maximum Gasteiger partial charge on any atom is 0.302 e. The smallest absolute Gasteiger partial charge is 0.302 e. The van der Waals surface area contributed by atoms with E-state index in [-0.39, 0.29) is 23.4 Å². The number of halogens is 1. The van der Waals surface area contributed by atoms with Crippen LogP contribution in [0.1, 0.15) is 22.3 Å². The summed E-state index contributed by atoms with van der Waals surface area (Å²) >= 11 is 0. The minimum Gasteiger partial charge on any atom is -0.392 e. The Morgan fingerprint density at radius 2 is 1.81 bits per heavy atom. The number of hydrogen-bond acceptors (Lipinski definition) is 6. The van der Waals surface area contributed by atoms with Crippen LogP contribution in [0.15, 0.2) is 24.3 Å². The predicted molar refractivity (Wildman–Crippen MR) is 93.7 cm³/mol. The van der Waals surface area contributed by atoms with Gasteiger partial charge >= 0.3 is 5.69 Å². The summed E-state index contributed by atoms with van der Waals surface area (Å²) in [6, 6.07) is 5.64. The lowest BCUT2D eigenvalue weighted by Gasteiger charge is -2.21. The first-order valence-corrected chi connectivity index (χ1v) is 7.69. The van der Waals surface area contributed by atoms with Gasteiger partial charge in [-0.05, 0) is 36.6 Å². The number of aliphatic hydroxyl groups is 1. The van der Waals surface area contributed by atoms with Crippen LogP contribution in [0, 0.1) is 39.9 Å². The van der Waals surface area contributed by atoms with E-state index in [9.17, 15) is 29.7 Å². The molecule has 2 aromatic rings. The van der Waals surface area contributed by atoms with Crippen LogP contribution in [-0.2, 0) is 13.2 Å². The molecule has 0 amide bonds. The molecular weight excluding hydrogens is 345 g/mol. The van der Waals surface area contributed by atoms with Gasteiger partial charge < -0.3 is 10.0 Å². The number of benzene rings is 2. The minimum atomic E-state index is -0.729. The molecule has 0 atom stereocenters. The molecule has 0 radical (unpaired) electrons. The molecule has 0 unspecified atom stereocenters. The van der Waals surface area contributed by atoms with Crippen LogP contribution in [0.2, 0.25) is 0 Å². The molecule has 0 bridgehead atoms. The quantitative estimate of drug-likeness (QED) is 0.622. The molecule has 0 saturated heterocycles. The summed E-state index contributed by atoms with van der Waals surface area (Å²) in [4.78, 5) is 22.9. The third-order valence-corrected chi connectivity index (χ3v) is 4.20. The van der Waals surface area contributed by atoms with Gasteiger partial charge in [0.2, 0.25) is 0 Å². The number of nitro benzene ring substituents is 2. The van der Waals surface area contributed by atoms with E-state index < -0.39 is 33.6 Å². The number of rotatable bonds is 6. The second kappa shape index (κ2) is 7.44. The number of nitro groups is 2. The van der Waals surface area contributed by atoms with E-state index >= 15 is 0 Å². The highest BCUT2D eigenvalue weighted by Gasteiger charge is 2.32. The molecule has 0 heterocycles. The Morgan fingerprint density at radius 1 is 1.15 bits per heavy atom. The SMILES string of the molecule is Cc1ccc(CN(C)c2c([N+](=O)[O-])cc(CO)c(C)c2[N+](=O)[O-])cc1F. The average molecular weight is 363 g/mol. The fraction of sp³-hybridized carbons (Fsp3) is 0.294. The van der Waals surface area contributed by atoms with Crippen LogP contribution in [-0.4, -0.2) is 22.0 Å². The monoisotopic (exact) mass is 363 g/mol. The second-order valence-corrected chi connectivity index (χ2v) is 5.99. The molecule has 138 valence electrons. The molecule has 0 aliphatic rings. The first-order chi connectivity index (χ1) is 12.2. The van der Waals surface area contributed by atoms with Crippen LogP contribution < -0.4 is 4.90 Å². The maximum atomic E-state index is 13.7. The highest BCUT2D eigenvalue weighted by Crippen LogP contribution is 2.41. The number of hydrogen-bond donors (Lipinski definition) is 1. The van der Waals surface area contributed by atoms with Crippen molar-refractivity contribution in [3.63, 3.8) is 0 Å². The zero-order chi connectivity index (χ0) is 19.6. The lowest BCUT2D eigenvalue weighted by Crippen LogP contribution is -2.20. The Balaban J connectivity index is 2.61. The van der Waals surface area contributed by atoms with Gasteiger partial charge in [0.05, 0.1) is 16.5 Å². The molecule has 0 spiro atoms. The summed E-state index contributed by atoms with van der Waals surface area (Å²) in [5, 5.41) is 32.4. The van der Waals surface area contributed by atoms with Crippen molar-refractivity contribution in [2.45, 2.75) is 27.0 Å². The zero-order valence-corrected chi connectivity index (χ0v) is 14.5. The molecular formula is C17H18FN3O5. The van der Waals surface area contributed by atoms with Crippen molar-refractivity contribution in [3.8, 4) is 0 Å². The van der Waals surface area contributed by atoms with Crippen molar-refractivity contribution in [1.82, 2.24) is 0 Å². The lowest BCUT2D eigenvalue weighted by molar-refractivity contribution is -0.393. The van der Waals surface area contributed by atoms with Crippen LogP contribution in [0.5, 0.6) is 0 Å². The number of anilines is 1. The highest BCUT2D eigenvalue weighted by molar-refractivity contribution is 5.78. The molecule has 1 N–H and O–H groups in total. The van der Waals surface area contributed by atoms with E-state index in [4.69, 9.17) is 0 Å². The van der Waals surface area contributed by atoms with Crippen molar-refractivity contribution >= 4 is 17.1 Å². The summed E-state index contributed by atoms with van der Waals surface area (Å²) in [7, 11) is 1.46. The summed E-state index contributed by atoms with van der Waals surface area (Å²) in [6.45, 7) is 2.52. The molecule has 0 saturated carbocycles. The molecule has 26 heavy (non-hydrogen) atoms. The molecule has 0 aliphatic carbocycles. The van der Waals surface area contributed by atoms with Gasteiger partial charge in [0, 0.05) is 25.2 Å². The van der Waals surface area contributed by atoms with Gasteiger partial charge in [0.25, 0.3) is 5.69 Å². The van der Waals surface area contributed by atoms with Crippen LogP contribution in [0.25, 0.3) is 0 Å². The topological polar surface area (TPSA) is 110 Å². The Kier molecular flexibility index (Phi) is 5.51. The standard InChI is InChI=1S/C17H18FN3O5/c1-10-4-5-12(6-14(10)18)8-19(3)17-15(20(23)24)7-13(9-22)11(2)16(17)21(25)26/h4-7,22H,8-9H2,1-3H3. The Hall–Kier alpha value is -3.07. The normalized spacial score (nSPS) is 10.7. The lowest BCUT2D eigenvalue weighted by atomic mass is 10.0. The minimum absolute atomic E-state index is 0.0385. The van der Waals surface area contributed by atoms with Gasteiger partial charge in [-0.1, -0.05) is 12.1 Å². The third-order valence-electron chi connectivity index (χ3n) is 4.20. The van der Waals surface area contributed by atoms with Crippen molar-refractivity contribution < 1.29 is 19.3 Å². The van der Waals surface area contributed by atoms with Crippen molar-refractivity contribution in [2.24, 2.45) is 0 Å². The van der Waals surface area contributed by atoms with E-state index in [1.807, 2.05) is 0 Å². The van der Waals surface area contributed by atoms with E-state index in [2.05, 4.69) is 0 Å². The molecule has 9 heteroatoms. The zero-order valence-electron chi connectivity index (χ0n) is 14.5. The summed E-state index contributed by atoms with van der Waals surface area (Å²) in [5.41, 5.74) is 0.122. The van der Waals surface area contributed by atoms with Crippen LogP contribution in [0.4, 0.5) is 21.5 Å². The molecule has 0 aromatic heterocycles.